The van der Waals surface area contributed by atoms with Gasteiger partial charge in [0.05, 0.1) is 11.2 Å². The zero-order valence-corrected chi connectivity index (χ0v) is 12.6. The van der Waals surface area contributed by atoms with E-state index >= 15 is 0 Å². The summed E-state index contributed by atoms with van der Waals surface area (Å²) in [5.41, 5.74) is 1.34. The minimum Gasteiger partial charge on any atom is -0.379 e. The minimum absolute atomic E-state index is 0.339. The highest BCUT2D eigenvalue weighted by Gasteiger charge is 2.17. The number of carbonyl (C=O) groups excluding carboxylic acids is 1. The lowest BCUT2D eigenvalue weighted by Gasteiger charge is -2.21. The van der Waals surface area contributed by atoms with Crippen LogP contribution in [0.15, 0.2) is 24.3 Å². The van der Waals surface area contributed by atoms with Gasteiger partial charge in [-0.2, -0.15) is 4.89 Å². The Morgan fingerprint density at radius 2 is 1.90 bits per heavy atom. The second kappa shape index (κ2) is 8.02. The van der Waals surface area contributed by atoms with Crippen molar-refractivity contribution in [3.8, 4) is 0 Å². The van der Waals surface area contributed by atoms with Crippen LogP contribution in [0.2, 0.25) is 0 Å². The van der Waals surface area contributed by atoms with Gasteiger partial charge in [0.1, 0.15) is 6.61 Å². The van der Waals surface area contributed by atoms with Crippen LogP contribution in [0.25, 0.3) is 0 Å². The number of methoxy groups -OCH3 is 1. The molecular formula is C16H23O4. The highest BCUT2D eigenvalue weighted by atomic mass is 17.2. The van der Waals surface area contributed by atoms with Crippen LogP contribution in [0.3, 0.4) is 0 Å². The number of hydrogen-bond acceptors (Lipinski definition) is 4. The van der Waals surface area contributed by atoms with Crippen LogP contribution in [0.5, 0.6) is 0 Å². The minimum atomic E-state index is -0.500. The van der Waals surface area contributed by atoms with Gasteiger partial charge in [0.15, 0.2) is 0 Å². The fourth-order valence-corrected chi connectivity index (χ4v) is 1.54. The predicted octanol–water partition coefficient (Wildman–Crippen LogP) is 3.70. The van der Waals surface area contributed by atoms with E-state index in [9.17, 15) is 4.79 Å². The van der Waals surface area contributed by atoms with Gasteiger partial charge in [0.25, 0.3) is 0 Å². The molecule has 0 atom stereocenters. The van der Waals surface area contributed by atoms with E-state index in [1.165, 1.54) is 12.2 Å². The Balaban J connectivity index is 2.35. The maximum atomic E-state index is 11.7. The van der Waals surface area contributed by atoms with Gasteiger partial charge in [0.2, 0.25) is 0 Å². The van der Waals surface area contributed by atoms with Crippen molar-refractivity contribution in [2.45, 2.75) is 45.6 Å². The number of aryl methyl sites for hydroxylation is 1. The van der Waals surface area contributed by atoms with Gasteiger partial charge >= 0.3 is 5.97 Å². The fraction of sp³-hybridized carbons (Fsp3) is 0.500. The zero-order valence-electron chi connectivity index (χ0n) is 12.6. The largest absolute Gasteiger partial charge is 0.379 e. The molecule has 0 saturated heterocycles. The highest BCUT2D eigenvalue weighted by Crippen LogP contribution is 2.15. The summed E-state index contributed by atoms with van der Waals surface area (Å²) in [5.74, 6) is -0.500. The Morgan fingerprint density at radius 3 is 2.45 bits per heavy atom. The first kappa shape index (κ1) is 16.7. The van der Waals surface area contributed by atoms with Crippen molar-refractivity contribution in [1.82, 2.24) is 0 Å². The maximum absolute atomic E-state index is 11.7. The molecule has 4 heteroatoms. The highest BCUT2D eigenvalue weighted by molar-refractivity contribution is 5.88. The molecule has 0 aliphatic carbocycles. The van der Waals surface area contributed by atoms with E-state index < -0.39 is 5.97 Å². The Morgan fingerprint density at radius 1 is 1.25 bits per heavy atom. The van der Waals surface area contributed by atoms with Crippen LogP contribution in [-0.4, -0.2) is 18.7 Å². The van der Waals surface area contributed by atoms with Crippen molar-refractivity contribution in [3.63, 3.8) is 0 Å². The van der Waals surface area contributed by atoms with Gasteiger partial charge in [-0.3, -0.25) is 4.89 Å². The summed E-state index contributed by atoms with van der Waals surface area (Å²) in [6, 6.07) is 7.35. The third-order valence-corrected chi connectivity index (χ3v) is 3.05. The molecule has 0 aliphatic heterocycles. The van der Waals surface area contributed by atoms with Crippen LogP contribution in [0, 0.1) is 6.61 Å². The Labute approximate surface area is 121 Å². The monoisotopic (exact) mass is 279 g/mol. The molecule has 1 rings (SSSR count). The molecular weight excluding hydrogens is 256 g/mol. The first-order valence-corrected chi connectivity index (χ1v) is 6.82. The second-order valence-corrected chi connectivity index (χ2v) is 5.25. The summed E-state index contributed by atoms with van der Waals surface area (Å²) in [5, 5.41) is 0. The van der Waals surface area contributed by atoms with Crippen LogP contribution in [0.1, 0.15) is 49.5 Å². The summed E-state index contributed by atoms with van der Waals surface area (Å²) in [6.07, 6.45) is 2.61. The van der Waals surface area contributed by atoms with E-state index in [4.69, 9.17) is 14.5 Å². The van der Waals surface area contributed by atoms with Gasteiger partial charge in [-0.05, 0) is 38.0 Å². The molecule has 0 aromatic heterocycles. The van der Waals surface area contributed by atoms with Crippen molar-refractivity contribution in [1.29, 1.82) is 0 Å². The third-order valence-electron chi connectivity index (χ3n) is 3.05. The van der Waals surface area contributed by atoms with Crippen molar-refractivity contribution >= 4 is 5.97 Å². The molecule has 0 aliphatic rings. The smallest absolute Gasteiger partial charge is 0.373 e. The third kappa shape index (κ3) is 5.72. The molecule has 0 amide bonds. The van der Waals surface area contributed by atoms with E-state index in [0.29, 0.717) is 12.0 Å². The fourth-order valence-electron chi connectivity index (χ4n) is 1.54. The molecule has 111 valence electrons. The number of rotatable bonds is 8. The molecule has 4 nitrogen and oxygen atoms in total. The van der Waals surface area contributed by atoms with Crippen molar-refractivity contribution in [2.24, 2.45) is 0 Å². The van der Waals surface area contributed by atoms with E-state index in [2.05, 4.69) is 6.92 Å². The zero-order chi connectivity index (χ0) is 15.0. The normalized spacial score (nSPS) is 11.4. The maximum Gasteiger partial charge on any atom is 0.373 e. The topological polar surface area (TPSA) is 44.8 Å². The van der Waals surface area contributed by atoms with Crippen LogP contribution < -0.4 is 0 Å². The van der Waals surface area contributed by atoms with Gasteiger partial charge < -0.3 is 4.74 Å². The molecule has 0 N–H and O–H groups in total. The van der Waals surface area contributed by atoms with E-state index in [0.717, 1.165) is 12.8 Å². The van der Waals surface area contributed by atoms with Gasteiger partial charge in [-0.15, -0.1) is 0 Å². The predicted molar refractivity (Wildman–Crippen MR) is 76.9 cm³/mol. The number of hydrogen-bond donors (Lipinski definition) is 0. The summed E-state index contributed by atoms with van der Waals surface area (Å²) in [7, 11) is 1.62. The molecule has 0 spiro atoms. The molecule has 0 bridgehead atoms. The average Bonchev–Trinajstić information content (AvgIpc) is 2.44. The van der Waals surface area contributed by atoms with E-state index in [-0.39, 0.29) is 5.60 Å². The molecule has 0 saturated carbocycles. The van der Waals surface area contributed by atoms with E-state index in [1.807, 2.05) is 26.0 Å². The average molecular weight is 279 g/mol. The van der Waals surface area contributed by atoms with Crippen LogP contribution >= 0.6 is 0 Å². The summed E-state index contributed by atoms with van der Waals surface area (Å²) >= 11 is 0. The van der Waals surface area contributed by atoms with Crippen LogP contribution in [-0.2, 0) is 20.9 Å². The van der Waals surface area contributed by atoms with Crippen molar-refractivity contribution in [3.05, 3.63) is 42.0 Å². The second-order valence-electron chi connectivity index (χ2n) is 5.25. The quantitative estimate of drug-likeness (QED) is 0.413. The first-order valence-electron chi connectivity index (χ1n) is 6.82. The molecule has 0 fully saturated rings. The lowest BCUT2D eigenvalue weighted by Crippen LogP contribution is -2.22. The summed E-state index contributed by atoms with van der Waals surface area (Å²) < 4.78 is 5.21. The summed E-state index contributed by atoms with van der Waals surface area (Å²) in [4.78, 5) is 21.2. The first-order chi connectivity index (χ1) is 9.48. The molecule has 1 aromatic rings. The van der Waals surface area contributed by atoms with E-state index in [1.54, 1.807) is 19.2 Å². The lowest BCUT2D eigenvalue weighted by molar-refractivity contribution is -0.218. The number of carbonyl (C=O) groups is 1. The van der Waals surface area contributed by atoms with Gasteiger partial charge in [-0.1, -0.05) is 25.5 Å². The number of benzene rings is 1. The van der Waals surface area contributed by atoms with Gasteiger partial charge in [-0.25, -0.2) is 4.79 Å². The van der Waals surface area contributed by atoms with Crippen LogP contribution in [0.4, 0.5) is 0 Å². The Kier molecular flexibility index (Phi) is 6.68. The SMILES string of the molecule is CCCc1ccc(C(=O)OO[CH]CC(C)(C)OC)cc1. The molecule has 0 unspecified atom stereocenters. The lowest BCUT2D eigenvalue weighted by atomic mass is 10.1. The van der Waals surface area contributed by atoms with Crippen molar-refractivity contribution in [2.75, 3.05) is 7.11 Å². The molecule has 0 heterocycles. The molecule has 20 heavy (non-hydrogen) atoms. The molecule has 1 radical (unpaired) electrons. The molecule has 1 aromatic carbocycles. The standard InChI is InChI=1S/C16H23O4/c1-5-6-13-7-9-14(10-8-13)15(17)20-19-12-11-16(2,3)18-4/h7-10,12H,5-6,11H2,1-4H3. The Bertz CT molecular complexity index is 409. The summed E-state index contributed by atoms with van der Waals surface area (Å²) in [6.45, 7) is 7.38. The van der Waals surface area contributed by atoms with Crippen molar-refractivity contribution < 1.29 is 19.3 Å². The van der Waals surface area contributed by atoms with Gasteiger partial charge in [0, 0.05) is 13.5 Å². The Hall–Kier alpha value is -1.39. The number of ether oxygens (including phenoxy) is 1.